The molecule has 3 N–H and O–H groups in total. The summed E-state index contributed by atoms with van der Waals surface area (Å²) in [4.78, 5) is 42.5. The van der Waals surface area contributed by atoms with Crippen LogP contribution >= 0.6 is 34.8 Å². The standard InChI is InChI=1S/C25H20Cl3N3O4/c1-2-35-23(33)21-22(29)31(13-7-8-15(27)16(28)11-13)18-4-3-5-19(32)20(18)25(21)14-10-12(26)6-9-17(14)30-24(25)34/h6-11H,2-5,29H2,1H3,(H,30,34). The first kappa shape index (κ1) is 23.7. The molecule has 0 saturated heterocycles. The molecule has 7 nitrogen and oxygen atoms in total. The second-order valence-corrected chi connectivity index (χ2v) is 9.66. The number of benzene rings is 2. The molecule has 0 fully saturated rings. The molecule has 2 aromatic rings. The van der Waals surface area contributed by atoms with Crippen LogP contribution in [-0.4, -0.2) is 24.3 Å². The van der Waals surface area contributed by atoms with Gasteiger partial charge in [0, 0.05) is 39.7 Å². The third kappa shape index (κ3) is 3.37. The number of hydrogen-bond acceptors (Lipinski definition) is 6. The number of carbonyl (C=O) groups excluding carboxylic acids is 3. The van der Waals surface area contributed by atoms with Gasteiger partial charge in [0.1, 0.15) is 16.8 Å². The van der Waals surface area contributed by atoms with Crippen molar-refractivity contribution < 1.29 is 19.1 Å². The van der Waals surface area contributed by atoms with Crippen molar-refractivity contribution >= 4 is 63.8 Å². The molecule has 5 rings (SSSR count). The van der Waals surface area contributed by atoms with E-state index >= 15 is 0 Å². The highest BCUT2D eigenvalue weighted by molar-refractivity contribution is 6.42. The molecule has 0 bridgehead atoms. The van der Waals surface area contributed by atoms with Crippen molar-refractivity contribution in [2.24, 2.45) is 5.73 Å². The number of ether oxygens (including phenoxy) is 1. The Balaban J connectivity index is 1.90. The molecule has 0 saturated carbocycles. The van der Waals surface area contributed by atoms with E-state index in [1.54, 1.807) is 48.2 Å². The molecule has 10 heteroatoms. The van der Waals surface area contributed by atoms with E-state index in [1.165, 1.54) is 0 Å². The van der Waals surface area contributed by atoms with Gasteiger partial charge < -0.3 is 15.8 Å². The minimum atomic E-state index is -1.80. The van der Waals surface area contributed by atoms with E-state index in [9.17, 15) is 14.4 Å². The Kier molecular flexibility index (Phi) is 5.82. The summed E-state index contributed by atoms with van der Waals surface area (Å²) in [6, 6.07) is 9.74. The lowest BCUT2D eigenvalue weighted by Crippen LogP contribution is -2.53. The second-order valence-electron chi connectivity index (χ2n) is 8.41. The Labute approximate surface area is 216 Å². The smallest absolute Gasteiger partial charge is 0.339 e. The minimum Gasteiger partial charge on any atom is -0.462 e. The van der Waals surface area contributed by atoms with Crippen LogP contribution < -0.4 is 16.0 Å². The third-order valence-corrected chi connectivity index (χ3v) is 7.49. The summed E-state index contributed by atoms with van der Waals surface area (Å²) in [5.74, 6) is -1.65. The number of nitrogens with zero attached hydrogens (tertiary/aromatic N) is 1. The number of allylic oxidation sites excluding steroid dienone is 1. The van der Waals surface area contributed by atoms with E-state index in [2.05, 4.69) is 5.32 Å². The Morgan fingerprint density at radius 2 is 1.89 bits per heavy atom. The van der Waals surface area contributed by atoms with Gasteiger partial charge in [-0.3, -0.25) is 14.5 Å². The van der Waals surface area contributed by atoms with Crippen LogP contribution in [0.5, 0.6) is 0 Å². The number of anilines is 2. The predicted molar refractivity (Wildman–Crippen MR) is 134 cm³/mol. The van der Waals surface area contributed by atoms with Crippen molar-refractivity contribution in [3.05, 3.63) is 79.7 Å². The fraction of sp³-hybridized carbons (Fsp3) is 0.240. The highest BCUT2D eigenvalue weighted by Crippen LogP contribution is 2.56. The molecule has 0 radical (unpaired) electrons. The van der Waals surface area contributed by atoms with E-state index in [-0.39, 0.29) is 40.8 Å². The second kappa shape index (κ2) is 8.59. The van der Waals surface area contributed by atoms with Crippen molar-refractivity contribution in [2.75, 3.05) is 16.8 Å². The number of ketones is 1. The predicted octanol–water partition coefficient (Wildman–Crippen LogP) is 5.10. The molecular weight excluding hydrogens is 513 g/mol. The van der Waals surface area contributed by atoms with Crippen LogP contribution in [-0.2, 0) is 24.5 Å². The summed E-state index contributed by atoms with van der Waals surface area (Å²) in [6.45, 7) is 1.69. The Hall–Kier alpha value is -3.00. The molecule has 3 aliphatic rings. The first-order chi connectivity index (χ1) is 16.7. The summed E-state index contributed by atoms with van der Waals surface area (Å²) in [5.41, 5.74) is 6.81. The van der Waals surface area contributed by atoms with Gasteiger partial charge >= 0.3 is 5.97 Å². The van der Waals surface area contributed by atoms with Crippen molar-refractivity contribution in [2.45, 2.75) is 31.6 Å². The number of Topliss-reactive ketones (excluding diaryl/α,β-unsaturated/α-hetero) is 1. The molecule has 0 aromatic heterocycles. The highest BCUT2D eigenvalue weighted by Gasteiger charge is 2.62. The van der Waals surface area contributed by atoms with Gasteiger partial charge in [-0.05, 0) is 56.2 Å². The fourth-order valence-electron chi connectivity index (χ4n) is 5.20. The van der Waals surface area contributed by atoms with Crippen LogP contribution in [0.3, 0.4) is 0 Å². The van der Waals surface area contributed by atoms with Gasteiger partial charge in [-0.2, -0.15) is 0 Å². The largest absolute Gasteiger partial charge is 0.462 e. The first-order valence-corrected chi connectivity index (χ1v) is 12.2. The van der Waals surface area contributed by atoms with Crippen LogP contribution in [0, 0.1) is 0 Å². The van der Waals surface area contributed by atoms with Crippen LogP contribution in [0.25, 0.3) is 0 Å². The van der Waals surface area contributed by atoms with Crippen molar-refractivity contribution in [1.29, 1.82) is 0 Å². The lowest BCUT2D eigenvalue weighted by Gasteiger charge is -2.44. The monoisotopic (exact) mass is 531 g/mol. The van der Waals surface area contributed by atoms with Crippen LogP contribution in [0.2, 0.25) is 15.1 Å². The number of fused-ring (bicyclic) bond motifs is 3. The summed E-state index contributed by atoms with van der Waals surface area (Å²) in [6.07, 6.45) is 1.22. The summed E-state index contributed by atoms with van der Waals surface area (Å²) in [7, 11) is 0. The number of halogens is 3. The Morgan fingerprint density at radius 3 is 2.60 bits per heavy atom. The van der Waals surface area contributed by atoms with Gasteiger partial charge in [-0.1, -0.05) is 34.8 Å². The maximum absolute atomic E-state index is 13.8. The zero-order chi connectivity index (χ0) is 25.1. The van der Waals surface area contributed by atoms with E-state index in [0.717, 1.165) is 0 Å². The van der Waals surface area contributed by atoms with Crippen molar-refractivity contribution in [3.8, 4) is 0 Å². The maximum Gasteiger partial charge on any atom is 0.339 e. The topological polar surface area (TPSA) is 102 Å². The number of esters is 1. The van der Waals surface area contributed by atoms with Crippen LogP contribution in [0.4, 0.5) is 11.4 Å². The molecule has 1 aliphatic carbocycles. The van der Waals surface area contributed by atoms with Gasteiger partial charge in [0.15, 0.2) is 5.78 Å². The highest BCUT2D eigenvalue weighted by atomic mass is 35.5. The molecule has 1 unspecified atom stereocenters. The average Bonchev–Trinajstić information content (AvgIpc) is 3.08. The Bertz CT molecular complexity index is 1380. The Morgan fingerprint density at radius 1 is 1.11 bits per heavy atom. The van der Waals surface area contributed by atoms with E-state index < -0.39 is 17.3 Å². The third-order valence-electron chi connectivity index (χ3n) is 6.52. The van der Waals surface area contributed by atoms with Gasteiger partial charge in [0.25, 0.3) is 0 Å². The normalized spacial score (nSPS) is 21.3. The van der Waals surface area contributed by atoms with Crippen molar-refractivity contribution in [1.82, 2.24) is 0 Å². The SMILES string of the molecule is CCOC(=O)C1=C(N)N(c2ccc(Cl)c(Cl)c2)C2=C(C(=O)CCC2)C12C(=O)Nc1ccc(Cl)cc12. The maximum atomic E-state index is 13.8. The van der Waals surface area contributed by atoms with Gasteiger partial charge in [-0.25, -0.2) is 4.79 Å². The summed E-state index contributed by atoms with van der Waals surface area (Å²) in [5, 5.41) is 3.78. The fourth-order valence-corrected chi connectivity index (χ4v) is 5.67. The number of amides is 1. The number of carbonyl (C=O) groups is 3. The molecule has 1 amide bonds. The van der Waals surface area contributed by atoms with E-state index in [1.807, 2.05) is 0 Å². The number of rotatable bonds is 3. The molecule has 1 atom stereocenters. The summed E-state index contributed by atoms with van der Waals surface area (Å²) < 4.78 is 5.38. The molecule has 2 aliphatic heterocycles. The molecule has 2 aromatic carbocycles. The van der Waals surface area contributed by atoms with Gasteiger partial charge in [0.05, 0.1) is 16.7 Å². The molecule has 35 heavy (non-hydrogen) atoms. The van der Waals surface area contributed by atoms with Gasteiger partial charge in [0.2, 0.25) is 5.91 Å². The number of nitrogens with one attached hydrogen (secondary N) is 1. The van der Waals surface area contributed by atoms with Crippen LogP contribution in [0.15, 0.2) is 59.1 Å². The molecular formula is C25H20Cl3N3O4. The van der Waals surface area contributed by atoms with E-state index in [4.69, 9.17) is 45.3 Å². The van der Waals surface area contributed by atoms with Crippen molar-refractivity contribution in [3.63, 3.8) is 0 Å². The zero-order valence-corrected chi connectivity index (χ0v) is 20.9. The number of nitrogens with two attached hydrogens (primary N) is 1. The molecule has 180 valence electrons. The molecule has 2 heterocycles. The van der Waals surface area contributed by atoms with Gasteiger partial charge in [-0.15, -0.1) is 0 Å². The lowest BCUT2D eigenvalue weighted by molar-refractivity contribution is -0.140. The minimum absolute atomic E-state index is 0.0294. The number of hydrogen-bond donors (Lipinski definition) is 2. The quantitative estimate of drug-likeness (QED) is 0.534. The lowest BCUT2D eigenvalue weighted by atomic mass is 9.63. The zero-order valence-electron chi connectivity index (χ0n) is 18.6. The average molecular weight is 533 g/mol. The first-order valence-electron chi connectivity index (χ1n) is 11.0. The summed E-state index contributed by atoms with van der Waals surface area (Å²) >= 11 is 18.7. The molecule has 1 spiro atoms. The van der Waals surface area contributed by atoms with E-state index in [0.29, 0.717) is 45.5 Å². The van der Waals surface area contributed by atoms with Crippen LogP contribution in [0.1, 0.15) is 31.7 Å².